The third-order valence-electron chi connectivity index (χ3n) is 3.17. The number of carbonyl (C=O) groups is 1. The SMILES string of the molecule is C[C@@H](OC(=O)Nc1ccc(Cl)cc1)c1nc2ccccc2[nH]1. The zero-order valence-electron chi connectivity index (χ0n) is 11.8. The Hall–Kier alpha value is -2.53. The van der Waals surface area contributed by atoms with Crippen LogP contribution < -0.4 is 5.32 Å². The van der Waals surface area contributed by atoms with Crippen LogP contribution in [0, 0.1) is 0 Å². The van der Waals surface area contributed by atoms with Crippen LogP contribution >= 0.6 is 11.6 Å². The Balaban J connectivity index is 1.66. The van der Waals surface area contributed by atoms with E-state index < -0.39 is 12.2 Å². The van der Waals surface area contributed by atoms with Gasteiger partial charge in [0.1, 0.15) is 5.82 Å². The molecule has 0 spiro atoms. The molecule has 5 nitrogen and oxygen atoms in total. The lowest BCUT2D eigenvalue weighted by Crippen LogP contribution is -2.16. The number of nitrogens with zero attached hydrogens (tertiary/aromatic N) is 1. The molecule has 2 N–H and O–H groups in total. The Morgan fingerprint density at radius 2 is 1.95 bits per heavy atom. The predicted octanol–water partition coefficient (Wildman–Crippen LogP) is 4.53. The van der Waals surface area contributed by atoms with Gasteiger partial charge in [-0.05, 0) is 43.3 Å². The van der Waals surface area contributed by atoms with Gasteiger partial charge in [0, 0.05) is 10.7 Å². The molecule has 1 aromatic heterocycles. The summed E-state index contributed by atoms with van der Waals surface area (Å²) >= 11 is 5.79. The number of halogens is 1. The molecule has 0 bridgehead atoms. The van der Waals surface area contributed by atoms with E-state index in [1.807, 2.05) is 24.3 Å². The maximum absolute atomic E-state index is 11.9. The van der Waals surface area contributed by atoms with Crippen molar-refractivity contribution in [1.29, 1.82) is 0 Å². The van der Waals surface area contributed by atoms with Crippen LogP contribution in [-0.4, -0.2) is 16.1 Å². The number of aromatic amines is 1. The van der Waals surface area contributed by atoms with Crippen molar-refractivity contribution < 1.29 is 9.53 Å². The number of anilines is 1. The number of hydrogen-bond donors (Lipinski definition) is 2. The molecule has 1 atom stereocenters. The zero-order chi connectivity index (χ0) is 15.5. The summed E-state index contributed by atoms with van der Waals surface area (Å²) in [5, 5.41) is 3.25. The van der Waals surface area contributed by atoms with Crippen LogP contribution in [0.3, 0.4) is 0 Å². The zero-order valence-corrected chi connectivity index (χ0v) is 12.6. The summed E-state index contributed by atoms with van der Waals surface area (Å²) in [6.07, 6.45) is -1.03. The van der Waals surface area contributed by atoms with E-state index >= 15 is 0 Å². The first kappa shape index (κ1) is 14.4. The number of carbonyl (C=O) groups excluding carboxylic acids is 1. The lowest BCUT2D eigenvalue weighted by Gasteiger charge is -2.11. The summed E-state index contributed by atoms with van der Waals surface area (Å²) in [6, 6.07) is 14.4. The van der Waals surface area contributed by atoms with Crippen molar-refractivity contribution in [3.63, 3.8) is 0 Å². The molecule has 0 aliphatic rings. The molecule has 0 saturated heterocycles. The number of H-pyrrole nitrogens is 1. The standard InChI is InChI=1S/C16H14ClN3O2/c1-10(15-19-13-4-2-3-5-14(13)20-15)22-16(21)18-12-8-6-11(17)7-9-12/h2-10H,1H3,(H,18,21)(H,19,20)/t10-/m1/s1. The molecule has 0 unspecified atom stereocenters. The topological polar surface area (TPSA) is 67.0 Å². The van der Waals surface area contributed by atoms with E-state index in [-0.39, 0.29) is 0 Å². The number of nitrogens with one attached hydrogen (secondary N) is 2. The van der Waals surface area contributed by atoms with Gasteiger partial charge in [-0.15, -0.1) is 0 Å². The van der Waals surface area contributed by atoms with Crippen LogP contribution in [0.25, 0.3) is 11.0 Å². The summed E-state index contributed by atoms with van der Waals surface area (Å²) in [4.78, 5) is 19.4. The van der Waals surface area contributed by atoms with E-state index in [1.165, 1.54) is 0 Å². The van der Waals surface area contributed by atoms with E-state index in [4.69, 9.17) is 16.3 Å². The fourth-order valence-electron chi connectivity index (χ4n) is 2.06. The molecule has 1 heterocycles. The van der Waals surface area contributed by atoms with Gasteiger partial charge in [-0.1, -0.05) is 23.7 Å². The van der Waals surface area contributed by atoms with Crippen LogP contribution in [0.5, 0.6) is 0 Å². The molecule has 0 aliphatic heterocycles. The monoisotopic (exact) mass is 315 g/mol. The Bertz CT molecular complexity index is 766. The van der Waals surface area contributed by atoms with Crippen LogP contribution in [0.1, 0.15) is 18.9 Å². The number of ether oxygens (including phenoxy) is 1. The fraction of sp³-hybridized carbons (Fsp3) is 0.125. The first-order valence-corrected chi connectivity index (χ1v) is 7.17. The Morgan fingerprint density at radius 3 is 2.68 bits per heavy atom. The Morgan fingerprint density at radius 1 is 1.23 bits per heavy atom. The van der Waals surface area contributed by atoms with Crippen LogP contribution in [0.15, 0.2) is 48.5 Å². The van der Waals surface area contributed by atoms with Gasteiger partial charge in [-0.2, -0.15) is 0 Å². The van der Waals surface area contributed by atoms with Gasteiger partial charge in [0.05, 0.1) is 11.0 Å². The average molecular weight is 316 g/mol. The highest BCUT2D eigenvalue weighted by molar-refractivity contribution is 6.30. The molecule has 3 aromatic rings. The van der Waals surface area contributed by atoms with Gasteiger partial charge in [0.2, 0.25) is 0 Å². The van der Waals surface area contributed by atoms with Crippen molar-refractivity contribution in [2.45, 2.75) is 13.0 Å². The van der Waals surface area contributed by atoms with E-state index in [0.717, 1.165) is 11.0 Å². The molecular weight excluding hydrogens is 302 g/mol. The number of benzene rings is 2. The molecule has 112 valence electrons. The lowest BCUT2D eigenvalue weighted by atomic mass is 10.3. The molecule has 3 rings (SSSR count). The third kappa shape index (κ3) is 3.20. The molecule has 0 saturated carbocycles. The smallest absolute Gasteiger partial charge is 0.412 e. The van der Waals surface area contributed by atoms with Crippen molar-refractivity contribution in [1.82, 2.24) is 9.97 Å². The molecule has 0 aliphatic carbocycles. The largest absolute Gasteiger partial charge is 0.438 e. The molecule has 2 aromatic carbocycles. The minimum Gasteiger partial charge on any atom is -0.438 e. The number of aromatic nitrogens is 2. The molecule has 6 heteroatoms. The first-order valence-electron chi connectivity index (χ1n) is 6.79. The maximum atomic E-state index is 11.9. The first-order chi connectivity index (χ1) is 10.6. The highest BCUT2D eigenvalue weighted by atomic mass is 35.5. The van der Waals surface area contributed by atoms with Crippen LogP contribution in [0.2, 0.25) is 5.02 Å². The summed E-state index contributed by atoms with van der Waals surface area (Å²) in [6.45, 7) is 1.76. The molecule has 22 heavy (non-hydrogen) atoms. The van der Waals surface area contributed by atoms with Crippen molar-refractivity contribution >= 4 is 34.4 Å². The molecule has 0 radical (unpaired) electrons. The van der Waals surface area contributed by atoms with Crippen molar-refractivity contribution in [2.75, 3.05) is 5.32 Å². The van der Waals surface area contributed by atoms with Gasteiger partial charge in [-0.3, -0.25) is 5.32 Å². The number of hydrogen-bond acceptors (Lipinski definition) is 3. The van der Waals surface area contributed by atoms with Crippen molar-refractivity contribution in [3.8, 4) is 0 Å². The molecular formula is C16H14ClN3O2. The van der Waals surface area contributed by atoms with Gasteiger partial charge < -0.3 is 9.72 Å². The number of fused-ring (bicyclic) bond motifs is 1. The van der Waals surface area contributed by atoms with E-state index in [0.29, 0.717) is 16.5 Å². The summed E-state index contributed by atoms with van der Waals surface area (Å²) in [5.41, 5.74) is 2.36. The van der Waals surface area contributed by atoms with Crippen LogP contribution in [-0.2, 0) is 4.74 Å². The van der Waals surface area contributed by atoms with Gasteiger partial charge >= 0.3 is 6.09 Å². The fourth-order valence-corrected chi connectivity index (χ4v) is 2.19. The second-order valence-electron chi connectivity index (χ2n) is 4.82. The Labute approximate surface area is 132 Å². The second kappa shape index (κ2) is 6.07. The minimum atomic E-state index is -0.546. The highest BCUT2D eigenvalue weighted by Gasteiger charge is 2.15. The number of para-hydroxylation sites is 2. The number of amides is 1. The highest BCUT2D eigenvalue weighted by Crippen LogP contribution is 2.19. The number of rotatable bonds is 3. The minimum absolute atomic E-state index is 0.486. The van der Waals surface area contributed by atoms with E-state index in [2.05, 4.69) is 15.3 Å². The van der Waals surface area contributed by atoms with E-state index in [1.54, 1.807) is 31.2 Å². The predicted molar refractivity (Wildman–Crippen MR) is 86.1 cm³/mol. The summed E-state index contributed by atoms with van der Waals surface area (Å²) in [7, 11) is 0. The normalized spacial score (nSPS) is 12.1. The lowest BCUT2D eigenvalue weighted by molar-refractivity contribution is 0.117. The molecule has 1 amide bonds. The van der Waals surface area contributed by atoms with Crippen LogP contribution in [0.4, 0.5) is 10.5 Å². The van der Waals surface area contributed by atoms with Crippen molar-refractivity contribution in [3.05, 3.63) is 59.4 Å². The van der Waals surface area contributed by atoms with Gasteiger partial charge in [0.15, 0.2) is 6.10 Å². The quantitative estimate of drug-likeness (QED) is 0.746. The summed E-state index contributed by atoms with van der Waals surface area (Å²) in [5.74, 6) is 0.604. The third-order valence-corrected chi connectivity index (χ3v) is 3.42. The Kier molecular flexibility index (Phi) is 3.98. The van der Waals surface area contributed by atoms with E-state index in [9.17, 15) is 4.79 Å². The average Bonchev–Trinajstić information content (AvgIpc) is 2.93. The maximum Gasteiger partial charge on any atom is 0.412 e. The number of imidazole rings is 1. The van der Waals surface area contributed by atoms with Crippen molar-refractivity contribution in [2.24, 2.45) is 0 Å². The summed E-state index contributed by atoms with van der Waals surface area (Å²) < 4.78 is 5.32. The second-order valence-corrected chi connectivity index (χ2v) is 5.26. The van der Waals surface area contributed by atoms with Gasteiger partial charge in [-0.25, -0.2) is 9.78 Å². The van der Waals surface area contributed by atoms with Gasteiger partial charge in [0.25, 0.3) is 0 Å². The molecule has 0 fully saturated rings.